The highest BCUT2D eigenvalue weighted by atomic mass is 32.2. The van der Waals surface area contributed by atoms with Crippen molar-refractivity contribution in [2.45, 2.75) is 24.3 Å². The van der Waals surface area contributed by atoms with E-state index in [1.54, 1.807) is 26.0 Å². The Kier molecular flexibility index (Phi) is 5.06. The number of aliphatic hydroxyl groups is 1. The maximum atomic E-state index is 12.0. The molecule has 0 spiro atoms. The van der Waals surface area contributed by atoms with Gasteiger partial charge in [-0.05, 0) is 32.0 Å². The lowest BCUT2D eigenvalue weighted by molar-refractivity contribution is 0.0805. The topological polar surface area (TPSA) is 90.2 Å². The summed E-state index contributed by atoms with van der Waals surface area (Å²) in [4.78, 5) is 0.150. The second kappa shape index (κ2) is 6.15. The van der Waals surface area contributed by atoms with Gasteiger partial charge >= 0.3 is 0 Å². The molecule has 0 aliphatic heterocycles. The molecular formula is C13H18N2O3S. The lowest BCUT2D eigenvalue weighted by Crippen LogP contribution is -2.36. The minimum absolute atomic E-state index is 0.0715. The summed E-state index contributed by atoms with van der Waals surface area (Å²) in [5.41, 5.74) is -0.546. The fourth-order valence-electron chi connectivity index (χ4n) is 1.48. The normalized spacial score (nSPS) is 12.1. The molecule has 0 atom stereocenters. The van der Waals surface area contributed by atoms with Gasteiger partial charge < -0.3 is 10.4 Å². The van der Waals surface area contributed by atoms with Crippen LogP contribution in [0.5, 0.6) is 0 Å². The minimum Gasteiger partial charge on any atom is -0.389 e. The molecule has 1 aromatic rings. The van der Waals surface area contributed by atoms with Crippen LogP contribution in [0.1, 0.15) is 19.4 Å². The van der Waals surface area contributed by atoms with Crippen molar-refractivity contribution in [3.8, 4) is 6.07 Å². The van der Waals surface area contributed by atoms with Gasteiger partial charge in [0.25, 0.3) is 0 Å². The van der Waals surface area contributed by atoms with E-state index in [1.165, 1.54) is 12.1 Å². The highest BCUT2D eigenvalue weighted by molar-refractivity contribution is 7.91. The maximum Gasteiger partial charge on any atom is 0.179 e. The van der Waals surface area contributed by atoms with Crippen LogP contribution in [-0.2, 0) is 9.84 Å². The average Bonchev–Trinajstić information content (AvgIpc) is 2.34. The van der Waals surface area contributed by atoms with Crippen LogP contribution in [0.15, 0.2) is 29.2 Å². The molecule has 0 aliphatic rings. The van der Waals surface area contributed by atoms with Crippen molar-refractivity contribution in [1.82, 2.24) is 5.32 Å². The van der Waals surface area contributed by atoms with Gasteiger partial charge in [-0.25, -0.2) is 8.42 Å². The van der Waals surface area contributed by atoms with E-state index < -0.39 is 15.4 Å². The van der Waals surface area contributed by atoms with Crippen LogP contribution in [-0.4, -0.2) is 38.0 Å². The van der Waals surface area contributed by atoms with Gasteiger partial charge in [0.05, 0.1) is 27.9 Å². The monoisotopic (exact) mass is 282 g/mol. The van der Waals surface area contributed by atoms with Crippen LogP contribution in [0.25, 0.3) is 0 Å². The Labute approximate surface area is 113 Å². The summed E-state index contributed by atoms with van der Waals surface area (Å²) in [6.45, 7) is 3.86. The molecule has 0 aliphatic carbocycles. The van der Waals surface area contributed by atoms with E-state index in [-0.39, 0.29) is 17.2 Å². The van der Waals surface area contributed by atoms with Crippen molar-refractivity contribution in [2.24, 2.45) is 0 Å². The van der Waals surface area contributed by atoms with Crippen molar-refractivity contribution >= 4 is 9.84 Å². The number of sulfone groups is 1. The first-order valence-electron chi connectivity index (χ1n) is 5.91. The van der Waals surface area contributed by atoms with Crippen molar-refractivity contribution < 1.29 is 13.5 Å². The van der Waals surface area contributed by atoms with Gasteiger partial charge in [-0.15, -0.1) is 0 Å². The van der Waals surface area contributed by atoms with Gasteiger partial charge in [-0.1, -0.05) is 6.07 Å². The Morgan fingerprint density at radius 1 is 1.42 bits per heavy atom. The highest BCUT2D eigenvalue weighted by Gasteiger charge is 2.16. The smallest absolute Gasteiger partial charge is 0.179 e. The largest absolute Gasteiger partial charge is 0.389 e. The van der Waals surface area contributed by atoms with Crippen molar-refractivity contribution in [3.63, 3.8) is 0 Å². The summed E-state index contributed by atoms with van der Waals surface area (Å²) in [6, 6.07) is 7.87. The van der Waals surface area contributed by atoms with Crippen LogP contribution < -0.4 is 5.32 Å². The molecule has 6 heteroatoms. The fourth-order valence-corrected chi connectivity index (χ4v) is 2.72. The van der Waals surface area contributed by atoms with Gasteiger partial charge in [0.1, 0.15) is 0 Å². The van der Waals surface area contributed by atoms with E-state index in [1.807, 2.05) is 6.07 Å². The van der Waals surface area contributed by atoms with E-state index in [0.29, 0.717) is 12.1 Å². The predicted octanol–water partition coefficient (Wildman–Crippen LogP) is 0.692. The Bertz CT molecular complexity index is 568. The number of rotatable bonds is 6. The Hall–Kier alpha value is -1.42. The average molecular weight is 282 g/mol. The molecule has 0 saturated heterocycles. The van der Waals surface area contributed by atoms with E-state index in [2.05, 4.69) is 5.32 Å². The Balaban J connectivity index is 2.64. The molecule has 0 saturated carbocycles. The molecule has 1 rings (SSSR count). The van der Waals surface area contributed by atoms with Gasteiger partial charge in [-0.2, -0.15) is 5.26 Å². The SMILES string of the molecule is CC(C)(O)CNCCS(=O)(=O)c1cccc(C#N)c1. The van der Waals surface area contributed by atoms with Gasteiger partial charge in [-0.3, -0.25) is 0 Å². The molecule has 0 bridgehead atoms. The summed E-state index contributed by atoms with van der Waals surface area (Å²) >= 11 is 0. The first-order valence-corrected chi connectivity index (χ1v) is 7.56. The quantitative estimate of drug-likeness (QED) is 0.749. The molecule has 0 fully saturated rings. The van der Waals surface area contributed by atoms with Gasteiger partial charge in [0, 0.05) is 13.1 Å². The van der Waals surface area contributed by atoms with E-state index in [0.717, 1.165) is 0 Å². The maximum absolute atomic E-state index is 12.0. The van der Waals surface area contributed by atoms with Gasteiger partial charge in [0.2, 0.25) is 0 Å². The molecular weight excluding hydrogens is 264 g/mol. The van der Waals surface area contributed by atoms with E-state index in [4.69, 9.17) is 5.26 Å². The number of benzene rings is 1. The Morgan fingerprint density at radius 3 is 2.68 bits per heavy atom. The fraction of sp³-hybridized carbons (Fsp3) is 0.462. The molecule has 104 valence electrons. The van der Waals surface area contributed by atoms with Crippen LogP contribution in [0.2, 0.25) is 0 Å². The van der Waals surface area contributed by atoms with Crippen LogP contribution in [0, 0.1) is 11.3 Å². The third kappa shape index (κ3) is 5.39. The van der Waals surface area contributed by atoms with Crippen LogP contribution in [0.4, 0.5) is 0 Å². The number of nitrogens with one attached hydrogen (secondary N) is 1. The summed E-state index contributed by atoms with van der Waals surface area (Å²) in [6.07, 6.45) is 0. The molecule has 5 nitrogen and oxygen atoms in total. The number of nitrogens with zero attached hydrogens (tertiary/aromatic N) is 1. The first-order chi connectivity index (χ1) is 8.74. The second-order valence-corrected chi connectivity index (χ2v) is 7.06. The standard InChI is InChI=1S/C13H18N2O3S/c1-13(2,16)10-15-6-7-19(17,18)12-5-3-4-11(8-12)9-14/h3-5,8,15-16H,6-7,10H2,1-2H3. The highest BCUT2D eigenvalue weighted by Crippen LogP contribution is 2.12. The zero-order chi connectivity index (χ0) is 14.5. The predicted molar refractivity (Wildman–Crippen MR) is 72.4 cm³/mol. The lowest BCUT2D eigenvalue weighted by Gasteiger charge is -2.17. The van der Waals surface area contributed by atoms with Gasteiger partial charge in [0.15, 0.2) is 9.84 Å². The lowest BCUT2D eigenvalue weighted by atomic mass is 10.1. The zero-order valence-corrected chi connectivity index (χ0v) is 11.9. The summed E-state index contributed by atoms with van der Waals surface area (Å²) < 4.78 is 24.0. The van der Waals surface area contributed by atoms with E-state index >= 15 is 0 Å². The number of hydrogen-bond donors (Lipinski definition) is 2. The van der Waals surface area contributed by atoms with E-state index in [9.17, 15) is 13.5 Å². The Morgan fingerprint density at radius 2 is 2.11 bits per heavy atom. The molecule has 0 aromatic heterocycles. The minimum atomic E-state index is -3.41. The molecule has 0 amide bonds. The molecule has 0 unspecified atom stereocenters. The molecule has 0 radical (unpaired) electrons. The first kappa shape index (κ1) is 15.6. The summed E-state index contributed by atoms with van der Waals surface area (Å²) in [5, 5.41) is 21.1. The molecule has 19 heavy (non-hydrogen) atoms. The number of nitriles is 1. The van der Waals surface area contributed by atoms with Crippen molar-refractivity contribution in [2.75, 3.05) is 18.8 Å². The molecule has 1 aromatic carbocycles. The third-order valence-corrected chi connectivity index (χ3v) is 4.14. The molecule has 0 heterocycles. The zero-order valence-electron chi connectivity index (χ0n) is 11.0. The van der Waals surface area contributed by atoms with Crippen molar-refractivity contribution in [1.29, 1.82) is 5.26 Å². The summed E-state index contributed by atoms with van der Waals surface area (Å²) in [7, 11) is -3.41. The van der Waals surface area contributed by atoms with Crippen LogP contribution >= 0.6 is 0 Å². The van der Waals surface area contributed by atoms with Crippen molar-refractivity contribution in [3.05, 3.63) is 29.8 Å². The molecule has 2 N–H and O–H groups in total. The number of hydrogen-bond acceptors (Lipinski definition) is 5. The second-order valence-electron chi connectivity index (χ2n) is 4.95. The third-order valence-electron chi connectivity index (χ3n) is 2.43. The van der Waals surface area contributed by atoms with Crippen LogP contribution in [0.3, 0.4) is 0 Å². The summed E-state index contributed by atoms with van der Waals surface area (Å²) in [5.74, 6) is -0.0715.